The van der Waals surface area contributed by atoms with Crippen molar-refractivity contribution in [3.63, 3.8) is 0 Å². The second-order valence-corrected chi connectivity index (χ2v) is 7.09. The number of carbonyl (C=O) groups excluding carboxylic acids is 2. The molecule has 1 amide bonds. The van der Waals surface area contributed by atoms with E-state index >= 15 is 0 Å². The van der Waals surface area contributed by atoms with Gasteiger partial charge in [0.05, 0.1) is 11.4 Å². The maximum Gasteiger partial charge on any atom is 0.241 e. The van der Waals surface area contributed by atoms with E-state index in [9.17, 15) is 18.0 Å². The van der Waals surface area contributed by atoms with Crippen LogP contribution >= 0.6 is 0 Å². The molecule has 0 bridgehead atoms. The molecule has 0 fully saturated rings. The Morgan fingerprint density at radius 2 is 1.71 bits per heavy atom. The number of benzene rings is 2. The second-order valence-electron chi connectivity index (χ2n) is 5.32. The molecule has 126 valence electrons. The van der Waals surface area contributed by atoms with Gasteiger partial charge in [0.15, 0.2) is 5.78 Å². The molecule has 0 heterocycles. The fourth-order valence-corrected chi connectivity index (χ4v) is 2.96. The molecule has 0 spiro atoms. The number of carbonyl (C=O) groups is 2. The normalized spacial score (nSPS) is 11.1. The van der Waals surface area contributed by atoms with Crippen molar-refractivity contribution in [1.29, 1.82) is 0 Å². The van der Waals surface area contributed by atoms with Crippen molar-refractivity contribution in [2.75, 3.05) is 11.9 Å². The van der Waals surface area contributed by atoms with Crippen molar-refractivity contribution in [3.05, 3.63) is 59.7 Å². The number of anilines is 1. The number of amides is 1. The van der Waals surface area contributed by atoms with Gasteiger partial charge in [-0.3, -0.25) is 9.59 Å². The summed E-state index contributed by atoms with van der Waals surface area (Å²) in [7, 11) is -3.75. The topological polar surface area (TPSA) is 92.3 Å². The maximum atomic E-state index is 12.1. The van der Waals surface area contributed by atoms with Gasteiger partial charge in [0, 0.05) is 11.3 Å². The van der Waals surface area contributed by atoms with Crippen molar-refractivity contribution >= 4 is 27.4 Å². The standard InChI is InChI=1S/C17H18N2O4S/c1-12-6-8-16(9-7-12)24(22,23)18-11-17(21)19-15-5-3-4-14(10-15)13(2)20/h3-10,18H,11H2,1-2H3,(H,19,21). The minimum Gasteiger partial charge on any atom is -0.325 e. The zero-order chi connectivity index (χ0) is 17.7. The number of Topliss-reactive ketones (excluding diaryl/α,β-unsaturated/α-hetero) is 1. The van der Waals surface area contributed by atoms with E-state index in [1.165, 1.54) is 25.1 Å². The second kappa shape index (κ2) is 7.37. The van der Waals surface area contributed by atoms with Crippen LogP contribution in [-0.2, 0) is 14.8 Å². The molecular weight excluding hydrogens is 328 g/mol. The van der Waals surface area contributed by atoms with Gasteiger partial charge in [-0.25, -0.2) is 13.1 Å². The smallest absolute Gasteiger partial charge is 0.241 e. The summed E-state index contributed by atoms with van der Waals surface area (Å²) in [4.78, 5) is 23.3. The van der Waals surface area contributed by atoms with E-state index in [1.54, 1.807) is 30.3 Å². The Kier molecular flexibility index (Phi) is 5.48. The van der Waals surface area contributed by atoms with Gasteiger partial charge in [-0.2, -0.15) is 0 Å². The Balaban J connectivity index is 1.99. The van der Waals surface area contributed by atoms with Gasteiger partial charge in [0.25, 0.3) is 0 Å². The molecule has 24 heavy (non-hydrogen) atoms. The molecule has 0 aliphatic heterocycles. The lowest BCUT2D eigenvalue weighted by Crippen LogP contribution is -2.32. The third-order valence-corrected chi connectivity index (χ3v) is 4.72. The van der Waals surface area contributed by atoms with E-state index < -0.39 is 22.5 Å². The number of ketones is 1. The van der Waals surface area contributed by atoms with Crippen LogP contribution in [0.4, 0.5) is 5.69 Å². The average molecular weight is 346 g/mol. The molecule has 2 aromatic rings. The Bertz CT molecular complexity index is 858. The summed E-state index contributed by atoms with van der Waals surface area (Å²) < 4.78 is 26.5. The highest BCUT2D eigenvalue weighted by molar-refractivity contribution is 7.89. The van der Waals surface area contributed by atoms with E-state index in [0.717, 1.165) is 5.56 Å². The van der Waals surface area contributed by atoms with Gasteiger partial charge in [0.1, 0.15) is 0 Å². The van der Waals surface area contributed by atoms with E-state index in [-0.39, 0.29) is 10.7 Å². The van der Waals surface area contributed by atoms with Crippen LogP contribution in [-0.4, -0.2) is 26.7 Å². The van der Waals surface area contributed by atoms with E-state index in [2.05, 4.69) is 10.0 Å². The van der Waals surface area contributed by atoms with E-state index in [4.69, 9.17) is 0 Å². The molecule has 0 aliphatic rings. The summed E-state index contributed by atoms with van der Waals surface area (Å²) in [5, 5.41) is 2.55. The summed E-state index contributed by atoms with van der Waals surface area (Å²) >= 11 is 0. The number of sulfonamides is 1. The van der Waals surface area contributed by atoms with Crippen LogP contribution in [0, 0.1) is 6.92 Å². The molecule has 6 nitrogen and oxygen atoms in total. The lowest BCUT2D eigenvalue weighted by Gasteiger charge is -2.09. The first-order chi connectivity index (χ1) is 11.3. The van der Waals surface area contributed by atoms with Crippen molar-refractivity contribution in [2.24, 2.45) is 0 Å². The lowest BCUT2D eigenvalue weighted by molar-refractivity contribution is -0.115. The van der Waals surface area contributed by atoms with Crippen LogP contribution < -0.4 is 10.0 Å². The monoisotopic (exact) mass is 346 g/mol. The van der Waals surface area contributed by atoms with Crippen molar-refractivity contribution < 1.29 is 18.0 Å². The van der Waals surface area contributed by atoms with Gasteiger partial charge < -0.3 is 5.32 Å². The molecule has 0 saturated heterocycles. The van der Waals surface area contributed by atoms with Crippen LogP contribution in [0.1, 0.15) is 22.8 Å². The van der Waals surface area contributed by atoms with Gasteiger partial charge in [-0.1, -0.05) is 29.8 Å². The highest BCUT2D eigenvalue weighted by Crippen LogP contribution is 2.12. The molecule has 0 aromatic heterocycles. The molecule has 2 N–H and O–H groups in total. The first-order valence-corrected chi connectivity index (χ1v) is 8.73. The Morgan fingerprint density at radius 1 is 1.04 bits per heavy atom. The molecule has 0 saturated carbocycles. The number of rotatable bonds is 6. The number of nitrogens with one attached hydrogen (secondary N) is 2. The van der Waals surface area contributed by atoms with Crippen molar-refractivity contribution in [3.8, 4) is 0 Å². The first kappa shape index (κ1) is 17.8. The predicted octanol–water partition coefficient (Wildman–Crippen LogP) is 2.11. The van der Waals surface area contributed by atoms with Crippen LogP contribution in [0.3, 0.4) is 0 Å². The van der Waals surface area contributed by atoms with Crippen molar-refractivity contribution in [2.45, 2.75) is 18.7 Å². The first-order valence-electron chi connectivity index (χ1n) is 7.25. The SMILES string of the molecule is CC(=O)c1cccc(NC(=O)CNS(=O)(=O)c2ccc(C)cc2)c1. The summed E-state index contributed by atoms with van der Waals surface area (Å²) in [6, 6.07) is 12.8. The summed E-state index contributed by atoms with van der Waals surface area (Å²) in [6.07, 6.45) is 0. The minimum atomic E-state index is -3.75. The predicted molar refractivity (Wildman–Crippen MR) is 91.4 cm³/mol. The van der Waals surface area contributed by atoms with Crippen LogP contribution in [0.2, 0.25) is 0 Å². The van der Waals surface area contributed by atoms with Crippen LogP contribution in [0.5, 0.6) is 0 Å². The van der Waals surface area contributed by atoms with Crippen LogP contribution in [0.25, 0.3) is 0 Å². The third-order valence-electron chi connectivity index (χ3n) is 3.31. The van der Waals surface area contributed by atoms with Crippen molar-refractivity contribution in [1.82, 2.24) is 4.72 Å². The Labute approximate surface area is 140 Å². The zero-order valence-corrected chi connectivity index (χ0v) is 14.2. The fraction of sp³-hybridized carbons (Fsp3) is 0.176. The number of hydrogen-bond donors (Lipinski definition) is 2. The summed E-state index contributed by atoms with van der Waals surface area (Å²) in [6.45, 7) is 2.88. The fourth-order valence-electron chi connectivity index (χ4n) is 1.98. The van der Waals surface area contributed by atoms with Crippen LogP contribution in [0.15, 0.2) is 53.4 Å². The maximum absolute atomic E-state index is 12.1. The zero-order valence-electron chi connectivity index (χ0n) is 13.4. The summed E-state index contributed by atoms with van der Waals surface area (Å²) in [5.41, 5.74) is 1.84. The number of aryl methyl sites for hydroxylation is 1. The van der Waals surface area contributed by atoms with Gasteiger partial charge in [-0.15, -0.1) is 0 Å². The molecule has 0 aliphatic carbocycles. The highest BCUT2D eigenvalue weighted by atomic mass is 32.2. The molecule has 0 atom stereocenters. The molecule has 0 unspecified atom stereocenters. The van der Waals surface area contributed by atoms with E-state index in [1.807, 2.05) is 6.92 Å². The van der Waals surface area contributed by atoms with Gasteiger partial charge >= 0.3 is 0 Å². The molecule has 7 heteroatoms. The average Bonchev–Trinajstić information content (AvgIpc) is 2.54. The van der Waals surface area contributed by atoms with Gasteiger partial charge in [0.2, 0.25) is 15.9 Å². The third kappa shape index (κ3) is 4.74. The Hall–Kier alpha value is -2.51. The molecule has 2 aromatic carbocycles. The quantitative estimate of drug-likeness (QED) is 0.784. The van der Waals surface area contributed by atoms with E-state index in [0.29, 0.717) is 11.3 Å². The molecule has 0 radical (unpaired) electrons. The largest absolute Gasteiger partial charge is 0.325 e. The summed E-state index contributed by atoms with van der Waals surface area (Å²) in [5.74, 6) is -0.641. The van der Waals surface area contributed by atoms with Gasteiger partial charge in [-0.05, 0) is 38.1 Å². The lowest BCUT2D eigenvalue weighted by atomic mass is 10.1. The Morgan fingerprint density at radius 3 is 2.33 bits per heavy atom. The molecular formula is C17H18N2O4S. The number of hydrogen-bond acceptors (Lipinski definition) is 4. The molecule has 2 rings (SSSR count). The minimum absolute atomic E-state index is 0.0967. The highest BCUT2D eigenvalue weighted by Gasteiger charge is 2.15.